The van der Waals surface area contributed by atoms with Gasteiger partial charge in [0.2, 0.25) is 11.8 Å². The zero-order valence-electron chi connectivity index (χ0n) is 9.67. The smallest absolute Gasteiger partial charge is 0.243 e. The van der Waals surface area contributed by atoms with Crippen LogP contribution in [0.3, 0.4) is 0 Å². The van der Waals surface area contributed by atoms with Crippen molar-refractivity contribution < 1.29 is 9.59 Å². The van der Waals surface area contributed by atoms with Crippen LogP contribution in [0.25, 0.3) is 0 Å². The molecule has 2 atom stereocenters. The lowest BCUT2D eigenvalue weighted by molar-refractivity contribution is -0.138. The van der Waals surface area contributed by atoms with Crippen LogP contribution in [0.1, 0.15) is 40.0 Å². The summed E-state index contributed by atoms with van der Waals surface area (Å²) in [5.41, 5.74) is 0. The summed E-state index contributed by atoms with van der Waals surface area (Å²) in [6.07, 6.45) is 2.73. The first-order valence-corrected chi connectivity index (χ1v) is 5.67. The Morgan fingerprint density at radius 2 is 1.87 bits per heavy atom. The fourth-order valence-electron chi connectivity index (χ4n) is 1.73. The highest BCUT2D eigenvalue weighted by atomic mass is 16.2. The van der Waals surface area contributed by atoms with Crippen molar-refractivity contribution in [3.63, 3.8) is 0 Å². The number of amides is 2. The summed E-state index contributed by atoms with van der Waals surface area (Å²) in [5, 5.41) is 5.55. The summed E-state index contributed by atoms with van der Waals surface area (Å²) in [6.45, 7) is 5.92. The minimum atomic E-state index is -0.365. The molecule has 0 aromatic rings. The molecule has 1 aliphatic heterocycles. The Hall–Kier alpha value is -1.06. The molecule has 1 saturated heterocycles. The minimum Gasteiger partial charge on any atom is -0.343 e. The number of hydrogen-bond acceptors (Lipinski definition) is 2. The molecular weight excluding hydrogens is 192 g/mol. The van der Waals surface area contributed by atoms with Crippen LogP contribution in [0.15, 0.2) is 0 Å². The van der Waals surface area contributed by atoms with E-state index < -0.39 is 0 Å². The average molecular weight is 212 g/mol. The second kappa shape index (κ2) is 5.14. The highest BCUT2D eigenvalue weighted by Crippen LogP contribution is 2.10. The van der Waals surface area contributed by atoms with Gasteiger partial charge in [-0.05, 0) is 12.3 Å². The van der Waals surface area contributed by atoms with Crippen molar-refractivity contribution >= 4 is 11.8 Å². The lowest BCUT2D eigenvalue weighted by Crippen LogP contribution is -2.63. The van der Waals surface area contributed by atoms with Crippen LogP contribution < -0.4 is 10.6 Å². The van der Waals surface area contributed by atoms with E-state index in [-0.39, 0.29) is 29.8 Å². The number of nitrogens with one attached hydrogen (secondary N) is 2. The molecule has 0 aliphatic carbocycles. The fraction of sp³-hybridized carbons (Fsp3) is 0.818. The maximum Gasteiger partial charge on any atom is 0.243 e. The van der Waals surface area contributed by atoms with Crippen LogP contribution in [0.5, 0.6) is 0 Å². The van der Waals surface area contributed by atoms with Gasteiger partial charge in [-0.2, -0.15) is 0 Å². The largest absolute Gasteiger partial charge is 0.343 e. The van der Waals surface area contributed by atoms with E-state index in [1.807, 2.05) is 13.8 Å². The van der Waals surface area contributed by atoms with Crippen molar-refractivity contribution in [3.05, 3.63) is 0 Å². The van der Waals surface area contributed by atoms with Gasteiger partial charge < -0.3 is 10.6 Å². The molecule has 0 radical (unpaired) electrons. The molecule has 1 aliphatic rings. The van der Waals surface area contributed by atoms with Gasteiger partial charge in [-0.1, -0.05) is 33.6 Å². The molecule has 4 heteroatoms. The molecule has 0 aromatic carbocycles. The maximum absolute atomic E-state index is 11.6. The summed E-state index contributed by atoms with van der Waals surface area (Å²) in [4.78, 5) is 23.3. The lowest BCUT2D eigenvalue weighted by Gasteiger charge is -2.31. The van der Waals surface area contributed by atoms with Crippen molar-refractivity contribution in [2.45, 2.75) is 52.1 Å². The van der Waals surface area contributed by atoms with Gasteiger partial charge in [0.25, 0.3) is 0 Å². The Labute approximate surface area is 90.8 Å². The molecule has 0 unspecified atom stereocenters. The first-order valence-electron chi connectivity index (χ1n) is 5.67. The molecule has 86 valence electrons. The molecule has 15 heavy (non-hydrogen) atoms. The maximum atomic E-state index is 11.6. The van der Waals surface area contributed by atoms with Gasteiger partial charge in [-0.25, -0.2) is 0 Å². The number of carbonyl (C=O) groups is 2. The van der Waals surface area contributed by atoms with Crippen LogP contribution in [0.4, 0.5) is 0 Å². The number of carbonyl (C=O) groups excluding carboxylic acids is 2. The Bertz CT molecular complexity index is 251. The highest BCUT2D eigenvalue weighted by Gasteiger charge is 2.34. The number of hydrogen-bond donors (Lipinski definition) is 2. The summed E-state index contributed by atoms with van der Waals surface area (Å²) >= 11 is 0. The Kier molecular flexibility index (Phi) is 4.12. The van der Waals surface area contributed by atoms with E-state index in [1.54, 1.807) is 0 Å². The molecular formula is C11H20N2O2. The van der Waals surface area contributed by atoms with Crippen molar-refractivity contribution in [2.75, 3.05) is 0 Å². The van der Waals surface area contributed by atoms with E-state index in [0.717, 1.165) is 19.3 Å². The predicted octanol–water partition coefficient (Wildman–Crippen LogP) is 0.816. The third kappa shape index (κ3) is 2.94. The zero-order chi connectivity index (χ0) is 11.4. The molecule has 0 bridgehead atoms. The van der Waals surface area contributed by atoms with Crippen molar-refractivity contribution in [2.24, 2.45) is 5.92 Å². The first-order chi connectivity index (χ1) is 7.06. The third-order valence-corrected chi connectivity index (χ3v) is 2.73. The monoisotopic (exact) mass is 212 g/mol. The van der Waals surface area contributed by atoms with Crippen molar-refractivity contribution in [1.82, 2.24) is 10.6 Å². The van der Waals surface area contributed by atoms with E-state index in [1.165, 1.54) is 0 Å². The van der Waals surface area contributed by atoms with Crippen LogP contribution in [-0.4, -0.2) is 23.9 Å². The molecule has 0 spiro atoms. The second-order valence-corrected chi connectivity index (χ2v) is 4.43. The van der Waals surface area contributed by atoms with Crippen molar-refractivity contribution in [3.8, 4) is 0 Å². The third-order valence-electron chi connectivity index (χ3n) is 2.73. The topological polar surface area (TPSA) is 58.2 Å². The summed E-state index contributed by atoms with van der Waals surface area (Å²) in [5.74, 6) is 0.0496. The number of piperazine rings is 1. The standard InChI is InChI=1S/C11H20N2O2/c1-4-5-6-8-10(14)13-9(7(2)3)11(15)12-8/h7-9H,4-6H2,1-3H3,(H,12,15)(H,13,14)/t8-,9-/m0/s1. The van der Waals surface area contributed by atoms with E-state index in [2.05, 4.69) is 17.6 Å². The van der Waals surface area contributed by atoms with Gasteiger partial charge in [0.1, 0.15) is 12.1 Å². The second-order valence-electron chi connectivity index (χ2n) is 4.43. The average Bonchev–Trinajstić information content (AvgIpc) is 2.18. The van der Waals surface area contributed by atoms with Gasteiger partial charge in [0, 0.05) is 0 Å². The predicted molar refractivity (Wildman–Crippen MR) is 58.2 cm³/mol. The van der Waals surface area contributed by atoms with Crippen LogP contribution >= 0.6 is 0 Å². The van der Waals surface area contributed by atoms with Gasteiger partial charge in [-0.3, -0.25) is 9.59 Å². The molecule has 2 amide bonds. The Balaban J connectivity index is 2.55. The summed E-state index contributed by atoms with van der Waals surface area (Å²) in [7, 11) is 0. The van der Waals surface area contributed by atoms with Gasteiger partial charge in [0.15, 0.2) is 0 Å². The number of rotatable bonds is 4. The minimum absolute atomic E-state index is 0.0400. The molecule has 1 fully saturated rings. The Morgan fingerprint density at radius 3 is 2.40 bits per heavy atom. The van der Waals surface area contributed by atoms with E-state index in [0.29, 0.717) is 0 Å². The van der Waals surface area contributed by atoms with Crippen LogP contribution in [0, 0.1) is 5.92 Å². The van der Waals surface area contributed by atoms with Gasteiger partial charge in [0.05, 0.1) is 0 Å². The molecule has 1 heterocycles. The fourth-order valence-corrected chi connectivity index (χ4v) is 1.73. The quantitative estimate of drug-likeness (QED) is 0.724. The van der Waals surface area contributed by atoms with Crippen LogP contribution in [-0.2, 0) is 9.59 Å². The first kappa shape index (κ1) is 12.0. The number of unbranched alkanes of at least 4 members (excludes halogenated alkanes) is 1. The Morgan fingerprint density at radius 1 is 1.20 bits per heavy atom. The van der Waals surface area contributed by atoms with Gasteiger partial charge in [-0.15, -0.1) is 0 Å². The zero-order valence-corrected chi connectivity index (χ0v) is 9.67. The highest BCUT2D eigenvalue weighted by molar-refractivity contribution is 5.96. The molecule has 1 rings (SSSR count). The molecule has 0 aromatic heterocycles. The molecule has 2 N–H and O–H groups in total. The normalized spacial score (nSPS) is 26.4. The summed E-state index contributed by atoms with van der Waals surface area (Å²) < 4.78 is 0. The van der Waals surface area contributed by atoms with Crippen molar-refractivity contribution in [1.29, 1.82) is 0 Å². The van der Waals surface area contributed by atoms with Gasteiger partial charge >= 0.3 is 0 Å². The lowest BCUT2D eigenvalue weighted by atomic mass is 9.98. The SMILES string of the molecule is CCCC[C@@H]1NC(=O)[C@H](C(C)C)NC1=O. The van der Waals surface area contributed by atoms with Crippen LogP contribution in [0.2, 0.25) is 0 Å². The summed E-state index contributed by atoms with van der Waals surface area (Å²) in [6, 6.07) is -0.692. The molecule has 0 saturated carbocycles. The van der Waals surface area contributed by atoms with E-state index >= 15 is 0 Å². The van der Waals surface area contributed by atoms with E-state index in [9.17, 15) is 9.59 Å². The molecule has 4 nitrogen and oxygen atoms in total. The van der Waals surface area contributed by atoms with E-state index in [4.69, 9.17) is 0 Å².